The van der Waals surface area contributed by atoms with Gasteiger partial charge in [-0.3, -0.25) is 0 Å². The second-order valence-corrected chi connectivity index (χ2v) is 2.35. The predicted octanol–water partition coefficient (Wildman–Crippen LogP) is 0.839. The molecule has 0 aliphatic heterocycles. The molecule has 1 rings (SSSR count). The molecular weight excluding hydrogens is 164 g/mol. The zero-order valence-corrected chi connectivity index (χ0v) is 6.99. The summed E-state index contributed by atoms with van der Waals surface area (Å²) in [5.74, 6) is 5.38. The van der Waals surface area contributed by atoms with Gasteiger partial charge in [0.15, 0.2) is 0 Å². The summed E-state index contributed by atoms with van der Waals surface area (Å²) in [4.78, 5) is 3.98. The zero-order chi connectivity index (χ0) is 9.52. The first-order chi connectivity index (χ1) is 6.36. The van der Waals surface area contributed by atoms with Crippen molar-refractivity contribution in [1.82, 2.24) is 4.98 Å². The van der Waals surface area contributed by atoms with Crippen LogP contribution in [-0.2, 0) is 6.61 Å². The second-order valence-electron chi connectivity index (χ2n) is 2.35. The van der Waals surface area contributed by atoms with Crippen LogP contribution in [0.5, 0.6) is 0 Å². The molecule has 0 aliphatic carbocycles. The van der Waals surface area contributed by atoms with Gasteiger partial charge in [-0.15, -0.1) is 0 Å². The number of hydrogen-bond acceptors (Lipinski definition) is 3. The lowest BCUT2D eigenvalue weighted by molar-refractivity contribution is 0.281. The van der Waals surface area contributed by atoms with E-state index in [1.54, 1.807) is 18.3 Å². The van der Waals surface area contributed by atoms with Crippen molar-refractivity contribution in [2.45, 2.75) is 13.0 Å². The van der Waals surface area contributed by atoms with Gasteiger partial charge in [0.05, 0.1) is 19.1 Å². The van der Waals surface area contributed by atoms with Crippen LogP contribution < -0.4 is 0 Å². The van der Waals surface area contributed by atoms with Gasteiger partial charge in [0, 0.05) is 6.20 Å². The topological polar surface area (TPSA) is 56.9 Å². The average molecular weight is 172 g/mol. The Balaban J connectivity index is 2.72. The smallest absolute Gasteiger partial charge is 0.113 e. The Labute approximate surface area is 76.7 Å². The minimum Gasteiger partial charge on any atom is -0.392 e. The van der Waals surface area contributed by atoms with Crippen LogP contribution in [0.3, 0.4) is 0 Å². The Hall–Kier alpha value is -1.84. The Morgan fingerprint density at radius 2 is 2.31 bits per heavy atom. The summed E-state index contributed by atoms with van der Waals surface area (Å²) in [7, 11) is 0. The van der Waals surface area contributed by atoms with Crippen LogP contribution >= 0.6 is 0 Å². The molecule has 64 valence electrons. The van der Waals surface area contributed by atoms with Crippen LogP contribution in [0, 0.1) is 23.2 Å². The third-order valence-corrected chi connectivity index (χ3v) is 1.39. The number of aliphatic hydroxyl groups excluding tert-OH is 1. The van der Waals surface area contributed by atoms with Gasteiger partial charge in [-0.2, -0.15) is 5.26 Å². The fourth-order valence-electron chi connectivity index (χ4n) is 0.766. The molecule has 0 aromatic carbocycles. The lowest BCUT2D eigenvalue weighted by Gasteiger charge is -1.93. The number of nitrogens with zero attached hydrogens (tertiary/aromatic N) is 2. The third-order valence-electron chi connectivity index (χ3n) is 1.39. The van der Waals surface area contributed by atoms with Crippen molar-refractivity contribution in [3.05, 3.63) is 29.6 Å². The lowest BCUT2D eigenvalue weighted by Crippen LogP contribution is -1.86. The van der Waals surface area contributed by atoms with Crippen molar-refractivity contribution in [1.29, 1.82) is 5.26 Å². The Kier molecular flexibility index (Phi) is 3.50. The Morgan fingerprint density at radius 1 is 1.46 bits per heavy atom. The van der Waals surface area contributed by atoms with Crippen molar-refractivity contribution >= 4 is 0 Å². The van der Waals surface area contributed by atoms with Gasteiger partial charge >= 0.3 is 0 Å². The van der Waals surface area contributed by atoms with E-state index in [2.05, 4.69) is 16.8 Å². The van der Waals surface area contributed by atoms with Gasteiger partial charge in [-0.25, -0.2) is 4.98 Å². The molecule has 0 atom stereocenters. The molecule has 0 aliphatic rings. The summed E-state index contributed by atoms with van der Waals surface area (Å²) in [5, 5.41) is 16.9. The van der Waals surface area contributed by atoms with E-state index in [0.717, 1.165) is 5.56 Å². The second kappa shape index (κ2) is 4.92. The lowest BCUT2D eigenvalue weighted by atomic mass is 10.2. The number of nitriles is 1. The van der Waals surface area contributed by atoms with Crippen molar-refractivity contribution in [2.75, 3.05) is 0 Å². The molecule has 1 aromatic rings. The first-order valence-corrected chi connectivity index (χ1v) is 3.78. The molecular formula is C10H8N2O. The predicted molar refractivity (Wildman–Crippen MR) is 47.3 cm³/mol. The summed E-state index contributed by atoms with van der Waals surface area (Å²) in [6.45, 7) is -0.0150. The standard InChI is InChI=1S/C10H8N2O/c11-6-2-1-3-10-5-4-9(8-13)7-12-10/h4-5,7,13H,2,8H2. The normalized spacial score (nSPS) is 8.31. The van der Waals surface area contributed by atoms with Crippen LogP contribution in [0.4, 0.5) is 0 Å². The molecule has 0 unspecified atom stereocenters. The van der Waals surface area contributed by atoms with Gasteiger partial charge in [0.1, 0.15) is 5.69 Å². The van der Waals surface area contributed by atoms with Crippen LogP contribution in [0.25, 0.3) is 0 Å². The van der Waals surface area contributed by atoms with E-state index >= 15 is 0 Å². The summed E-state index contributed by atoms with van der Waals surface area (Å²) in [6, 6.07) is 5.39. The van der Waals surface area contributed by atoms with E-state index in [4.69, 9.17) is 10.4 Å². The molecule has 3 nitrogen and oxygen atoms in total. The molecule has 1 heterocycles. The highest BCUT2D eigenvalue weighted by Gasteiger charge is 1.90. The molecule has 0 saturated carbocycles. The maximum atomic E-state index is 8.72. The number of pyridine rings is 1. The highest BCUT2D eigenvalue weighted by atomic mass is 16.3. The third kappa shape index (κ3) is 2.94. The zero-order valence-electron chi connectivity index (χ0n) is 6.99. The fourth-order valence-corrected chi connectivity index (χ4v) is 0.766. The summed E-state index contributed by atoms with van der Waals surface area (Å²) < 4.78 is 0. The number of hydrogen-bond donors (Lipinski definition) is 1. The van der Waals surface area contributed by atoms with Crippen molar-refractivity contribution in [2.24, 2.45) is 0 Å². The largest absolute Gasteiger partial charge is 0.392 e. The molecule has 0 fully saturated rings. The molecule has 1 aromatic heterocycles. The number of rotatable bonds is 1. The molecule has 0 radical (unpaired) electrons. The first-order valence-electron chi connectivity index (χ1n) is 3.78. The van der Waals surface area contributed by atoms with E-state index in [1.165, 1.54) is 0 Å². The van der Waals surface area contributed by atoms with Gasteiger partial charge in [0.25, 0.3) is 0 Å². The van der Waals surface area contributed by atoms with E-state index in [0.29, 0.717) is 5.69 Å². The van der Waals surface area contributed by atoms with Gasteiger partial charge in [0.2, 0.25) is 0 Å². The molecule has 0 bridgehead atoms. The van der Waals surface area contributed by atoms with Gasteiger partial charge < -0.3 is 5.11 Å². The molecule has 3 heteroatoms. The van der Waals surface area contributed by atoms with Crippen LogP contribution in [-0.4, -0.2) is 10.1 Å². The van der Waals surface area contributed by atoms with Gasteiger partial charge in [-0.1, -0.05) is 12.0 Å². The maximum absolute atomic E-state index is 8.72. The van der Waals surface area contributed by atoms with E-state index in [9.17, 15) is 0 Å². The SMILES string of the molecule is N#CCC#Cc1ccc(CO)cn1. The quantitative estimate of drug-likeness (QED) is 0.638. The summed E-state index contributed by atoms with van der Waals surface area (Å²) >= 11 is 0. The van der Waals surface area contributed by atoms with Crippen molar-refractivity contribution in [3.63, 3.8) is 0 Å². The molecule has 0 saturated heterocycles. The van der Waals surface area contributed by atoms with Crippen molar-refractivity contribution < 1.29 is 5.11 Å². The van der Waals surface area contributed by atoms with E-state index in [1.807, 2.05) is 6.07 Å². The summed E-state index contributed by atoms with van der Waals surface area (Å²) in [6.07, 6.45) is 1.78. The maximum Gasteiger partial charge on any atom is 0.113 e. The van der Waals surface area contributed by atoms with Gasteiger partial charge in [-0.05, 0) is 17.6 Å². The van der Waals surface area contributed by atoms with Crippen LogP contribution in [0.1, 0.15) is 17.7 Å². The minimum atomic E-state index is -0.0150. The Bertz CT molecular complexity index is 365. The van der Waals surface area contributed by atoms with Crippen LogP contribution in [0.2, 0.25) is 0 Å². The molecule has 13 heavy (non-hydrogen) atoms. The number of aromatic nitrogens is 1. The van der Waals surface area contributed by atoms with Crippen molar-refractivity contribution in [3.8, 4) is 17.9 Å². The monoisotopic (exact) mass is 172 g/mol. The van der Waals surface area contributed by atoms with Crippen LogP contribution in [0.15, 0.2) is 18.3 Å². The molecule has 0 amide bonds. The minimum absolute atomic E-state index is 0.0150. The van der Waals surface area contributed by atoms with E-state index < -0.39 is 0 Å². The number of aliphatic hydroxyl groups is 1. The Morgan fingerprint density at radius 3 is 2.85 bits per heavy atom. The first kappa shape index (κ1) is 9.25. The fraction of sp³-hybridized carbons (Fsp3) is 0.200. The summed E-state index contributed by atoms with van der Waals surface area (Å²) in [5.41, 5.74) is 1.37. The molecule has 1 N–H and O–H groups in total. The highest BCUT2D eigenvalue weighted by molar-refractivity contribution is 5.29. The average Bonchev–Trinajstić information content (AvgIpc) is 2.19. The highest BCUT2D eigenvalue weighted by Crippen LogP contribution is 1.98. The van der Waals surface area contributed by atoms with E-state index in [-0.39, 0.29) is 13.0 Å². The molecule has 0 spiro atoms.